The normalized spacial score (nSPS) is 13.8. The smallest absolute Gasteiger partial charge is 0.137 e. The van der Waals surface area contributed by atoms with E-state index in [0.717, 1.165) is 39.0 Å². The van der Waals surface area contributed by atoms with Crippen LogP contribution in [-0.2, 0) is 0 Å². The molecular weight excluding hydrogens is 292 g/mol. The molecule has 2 aromatic rings. The van der Waals surface area contributed by atoms with E-state index in [1.165, 1.54) is 0 Å². The van der Waals surface area contributed by atoms with Crippen LogP contribution >= 0.6 is 0 Å². The number of hydrogen-bond acceptors (Lipinski definition) is 2. The molecule has 2 heteroatoms. The zero-order valence-electron chi connectivity index (χ0n) is 13.7. The molecule has 2 nitrogen and oxygen atoms in total. The van der Waals surface area contributed by atoms with E-state index < -0.39 is 0 Å². The highest BCUT2D eigenvalue weighted by molar-refractivity contribution is 6.13. The molecule has 0 fully saturated rings. The van der Waals surface area contributed by atoms with Crippen molar-refractivity contribution < 1.29 is 0 Å². The van der Waals surface area contributed by atoms with Gasteiger partial charge in [-0.15, -0.1) is 0 Å². The third kappa shape index (κ3) is 2.45. The van der Waals surface area contributed by atoms with Crippen molar-refractivity contribution in [1.29, 1.82) is 10.5 Å². The highest BCUT2D eigenvalue weighted by Crippen LogP contribution is 2.47. The maximum Gasteiger partial charge on any atom is 0.137 e. The predicted octanol–water partition coefficient (Wildman–Crippen LogP) is 5.29. The zero-order valence-corrected chi connectivity index (χ0v) is 13.7. The molecule has 0 amide bonds. The van der Waals surface area contributed by atoms with E-state index in [4.69, 9.17) is 0 Å². The molecule has 0 spiro atoms. The van der Waals surface area contributed by atoms with E-state index in [2.05, 4.69) is 24.3 Å². The molecule has 0 aromatic heterocycles. The van der Waals surface area contributed by atoms with Gasteiger partial charge in [0.1, 0.15) is 17.7 Å². The summed E-state index contributed by atoms with van der Waals surface area (Å²) in [6.45, 7) is 3.98. The van der Waals surface area contributed by atoms with Crippen LogP contribution in [0.2, 0.25) is 0 Å². The lowest BCUT2D eigenvalue weighted by molar-refractivity contribution is 1.33. The Labute approximate surface area is 142 Å². The second kappa shape index (κ2) is 6.41. The van der Waals surface area contributed by atoms with Crippen molar-refractivity contribution in [3.05, 3.63) is 94.1 Å². The molecule has 0 heterocycles. The fourth-order valence-corrected chi connectivity index (χ4v) is 3.35. The minimum Gasteiger partial charge on any atom is -0.192 e. The lowest BCUT2D eigenvalue weighted by Gasteiger charge is -2.11. The van der Waals surface area contributed by atoms with Gasteiger partial charge >= 0.3 is 0 Å². The standard InChI is InChI=1S/C22H16N2/c1-15-20(19(13-23)14-24)16(2)22(18-11-7-4-8-12-18)21(15)17-9-5-3-6-10-17/h3-12H,1-2H3. The molecule has 24 heavy (non-hydrogen) atoms. The van der Waals surface area contributed by atoms with E-state index in [0.29, 0.717) is 0 Å². The minimum absolute atomic E-state index is 0.171. The highest BCUT2D eigenvalue weighted by atomic mass is 14.3. The quantitative estimate of drug-likeness (QED) is 0.707. The molecule has 0 bridgehead atoms. The Morgan fingerprint density at radius 2 is 1.04 bits per heavy atom. The Morgan fingerprint density at radius 3 is 1.38 bits per heavy atom. The summed E-state index contributed by atoms with van der Waals surface area (Å²) >= 11 is 0. The van der Waals surface area contributed by atoms with Crippen LogP contribution in [0.1, 0.15) is 25.0 Å². The second-order valence-electron chi connectivity index (χ2n) is 5.71. The molecule has 0 N–H and O–H groups in total. The van der Waals surface area contributed by atoms with Gasteiger partial charge in [0, 0.05) is 5.57 Å². The first-order valence-corrected chi connectivity index (χ1v) is 7.77. The van der Waals surface area contributed by atoms with Crippen molar-refractivity contribution in [3.63, 3.8) is 0 Å². The van der Waals surface area contributed by atoms with Gasteiger partial charge in [-0.3, -0.25) is 0 Å². The minimum atomic E-state index is 0.171. The van der Waals surface area contributed by atoms with Crippen LogP contribution in [0, 0.1) is 22.7 Å². The molecule has 3 rings (SSSR count). The summed E-state index contributed by atoms with van der Waals surface area (Å²) in [5.74, 6) is 0. The highest BCUT2D eigenvalue weighted by Gasteiger charge is 2.28. The molecule has 0 atom stereocenters. The molecule has 2 aromatic carbocycles. The Morgan fingerprint density at radius 1 is 0.667 bits per heavy atom. The summed E-state index contributed by atoms with van der Waals surface area (Å²) in [5, 5.41) is 18.7. The summed E-state index contributed by atoms with van der Waals surface area (Å²) in [6.07, 6.45) is 0. The van der Waals surface area contributed by atoms with Crippen molar-refractivity contribution in [2.24, 2.45) is 0 Å². The topological polar surface area (TPSA) is 47.6 Å². The third-order valence-electron chi connectivity index (χ3n) is 4.35. The van der Waals surface area contributed by atoms with Crippen molar-refractivity contribution in [3.8, 4) is 12.1 Å². The van der Waals surface area contributed by atoms with Gasteiger partial charge in [-0.25, -0.2) is 0 Å². The lowest BCUT2D eigenvalue weighted by Crippen LogP contribution is -1.90. The first kappa shape index (κ1) is 15.5. The van der Waals surface area contributed by atoms with Crippen LogP contribution in [0.5, 0.6) is 0 Å². The van der Waals surface area contributed by atoms with Crippen LogP contribution < -0.4 is 0 Å². The summed E-state index contributed by atoms with van der Waals surface area (Å²) < 4.78 is 0. The fraction of sp³-hybridized carbons (Fsp3) is 0.0909. The van der Waals surface area contributed by atoms with Gasteiger partial charge in [0.25, 0.3) is 0 Å². The number of hydrogen-bond donors (Lipinski definition) is 0. The van der Waals surface area contributed by atoms with Gasteiger partial charge in [0.05, 0.1) is 0 Å². The molecule has 0 unspecified atom stereocenters. The largest absolute Gasteiger partial charge is 0.192 e. The van der Waals surface area contributed by atoms with Crippen LogP contribution in [0.3, 0.4) is 0 Å². The van der Waals surface area contributed by atoms with Gasteiger partial charge in [-0.1, -0.05) is 60.7 Å². The van der Waals surface area contributed by atoms with Crippen LogP contribution in [0.25, 0.3) is 11.1 Å². The van der Waals surface area contributed by atoms with Crippen molar-refractivity contribution >= 4 is 11.1 Å². The molecule has 114 valence electrons. The van der Waals surface area contributed by atoms with E-state index in [9.17, 15) is 10.5 Å². The zero-order chi connectivity index (χ0) is 17.1. The summed E-state index contributed by atoms with van der Waals surface area (Å²) in [5.41, 5.74) is 7.28. The number of rotatable bonds is 2. The Bertz CT molecular complexity index is 881. The number of allylic oxidation sites excluding steroid dienone is 6. The average Bonchev–Trinajstić information content (AvgIpc) is 2.89. The van der Waals surface area contributed by atoms with Gasteiger partial charge in [-0.05, 0) is 47.3 Å². The number of nitriles is 2. The number of benzene rings is 2. The molecular formula is C22H16N2. The fourth-order valence-electron chi connectivity index (χ4n) is 3.35. The molecule has 1 aliphatic carbocycles. The van der Waals surface area contributed by atoms with Gasteiger partial charge in [0.2, 0.25) is 0 Å². The summed E-state index contributed by atoms with van der Waals surface area (Å²) in [4.78, 5) is 0. The average molecular weight is 308 g/mol. The van der Waals surface area contributed by atoms with Crippen molar-refractivity contribution in [2.75, 3.05) is 0 Å². The Hall–Kier alpha value is -3.36. The van der Waals surface area contributed by atoms with Crippen LogP contribution in [0.4, 0.5) is 0 Å². The van der Waals surface area contributed by atoms with Gasteiger partial charge < -0.3 is 0 Å². The molecule has 0 radical (unpaired) electrons. The van der Waals surface area contributed by atoms with Crippen LogP contribution in [0.15, 0.2) is 83.0 Å². The van der Waals surface area contributed by atoms with Gasteiger partial charge in [-0.2, -0.15) is 10.5 Å². The van der Waals surface area contributed by atoms with Crippen molar-refractivity contribution in [1.82, 2.24) is 0 Å². The predicted molar refractivity (Wildman–Crippen MR) is 96.3 cm³/mol. The molecule has 1 aliphatic rings. The number of nitrogens with zero attached hydrogens (tertiary/aromatic N) is 2. The SMILES string of the molecule is CC1=C(c2ccccc2)C(c2ccccc2)=C(C)C1=C(C#N)C#N. The maximum atomic E-state index is 9.36. The van der Waals surface area contributed by atoms with Crippen LogP contribution in [-0.4, -0.2) is 0 Å². The Balaban J connectivity index is 2.38. The third-order valence-corrected chi connectivity index (χ3v) is 4.35. The van der Waals surface area contributed by atoms with E-state index >= 15 is 0 Å². The van der Waals surface area contributed by atoms with Gasteiger partial charge in [0.15, 0.2) is 0 Å². The first-order chi connectivity index (χ1) is 11.7. The second-order valence-corrected chi connectivity index (χ2v) is 5.71. The summed E-state index contributed by atoms with van der Waals surface area (Å²) in [7, 11) is 0. The summed E-state index contributed by atoms with van der Waals surface area (Å²) in [6, 6.07) is 24.4. The maximum absolute atomic E-state index is 9.36. The van der Waals surface area contributed by atoms with E-state index in [1.807, 2.05) is 62.4 Å². The lowest BCUT2D eigenvalue weighted by atomic mass is 9.92. The van der Waals surface area contributed by atoms with E-state index in [-0.39, 0.29) is 5.57 Å². The Kier molecular flexibility index (Phi) is 4.15. The molecule has 0 aliphatic heterocycles. The van der Waals surface area contributed by atoms with Crippen molar-refractivity contribution in [2.45, 2.75) is 13.8 Å². The molecule has 0 saturated carbocycles. The first-order valence-electron chi connectivity index (χ1n) is 7.77. The van der Waals surface area contributed by atoms with E-state index in [1.54, 1.807) is 0 Å². The monoisotopic (exact) mass is 308 g/mol. The molecule has 0 saturated heterocycles.